The third-order valence-electron chi connectivity index (χ3n) is 1.47. The molecule has 12 heavy (non-hydrogen) atoms. The highest BCUT2D eigenvalue weighted by Gasteiger charge is 2.04. The lowest BCUT2D eigenvalue weighted by molar-refractivity contribution is -0.122. The smallest absolute Gasteiger partial charge is 0.220 e. The third-order valence-corrected chi connectivity index (χ3v) is 1.74. The standard InChI is InChI=1S/C8H16ClNO2/c1-7(6-11)10-8(12)4-2-3-5-9/h7,11H,2-6H2,1H3,(H,10,12)/t7-/m1/s1. The Balaban J connectivity index is 3.33. The molecule has 0 aromatic carbocycles. The number of halogens is 1. The zero-order chi connectivity index (χ0) is 9.40. The summed E-state index contributed by atoms with van der Waals surface area (Å²) in [6, 6.07) is -0.145. The van der Waals surface area contributed by atoms with E-state index in [1.165, 1.54) is 0 Å². The monoisotopic (exact) mass is 193 g/mol. The minimum absolute atomic E-state index is 0.0123. The first kappa shape index (κ1) is 11.7. The fourth-order valence-electron chi connectivity index (χ4n) is 0.773. The highest BCUT2D eigenvalue weighted by Crippen LogP contribution is 1.97. The number of hydrogen-bond acceptors (Lipinski definition) is 2. The Morgan fingerprint density at radius 1 is 1.58 bits per heavy atom. The summed E-state index contributed by atoms with van der Waals surface area (Å²) in [5.74, 6) is 0.588. The van der Waals surface area contributed by atoms with Crippen LogP contribution in [0.3, 0.4) is 0 Å². The Morgan fingerprint density at radius 3 is 2.75 bits per heavy atom. The molecular weight excluding hydrogens is 178 g/mol. The fourth-order valence-corrected chi connectivity index (χ4v) is 0.962. The van der Waals surface area contributed by atoms with Crippen molar-refractivity contribution in [3.05, 3.63) is 0 Å². The second kappa shape index (κ2) is 7.37. The summed E-state index contributed by atoms with van der Waals surface area (Å²) >= 11 is 5.45. The molecule has 0 aliphatic rings. The van der Waals surface area contributed by atoms with Crippen LogP contribution < -0.4 is 5.32 Å². The number of nitrogens with one attached hydrogen (secondary N) is 1. The van der Waals surface area contributed by atoms with E-state index in [9.17, 15) is 4.79 Å². The lowest BCUT2D eigenvalue weighted by Gasteiger charge is -2.09. The van der Waals surface area contributed by atoms with Crippen molar-refractivity contribution in [3.8, 4) is 0 Å². The largest absolute Gasteiger partial charge is 0.394 e. The molecule has 3 nitrogen and oxygen atoms in total. The quantitative estimate of drug-likeness (QED) is 0.486. The average molecular weight is 194 g/mol. The minimum atomic E-state index is -0.145. The molecule has 4 heteroatoms. The maximum atomic E-state index is 11.0. The molecule has 0 aliphatic carbocycles. The Labute approximate surface area is 78.1 Å². The van der Waals surface area contributed by atoms with Gasteiger partial charge in [-0.15, -0.1) is 11.6 Å². The van der Waals surface area contributed by atoms with Crippen LogP contribution in [0, 0.1) is 0 Å². The number of carbonyl (C=O) groups is 1. The van der Waals surface area contributed by atoms with Crippen LogP contribution in [0.25, 0.3) is 0 Å². The van der Waals surface area contributed by atoms with Gasteiger partial charge in [-0.2, -0.15) is 0 Å². The van der Waals surface area contributed by atoms with E-state index in [1.54, 1.807) is 6.92 Å². The highest BCUT2D eigenvalue weighted by molar-refractivity contribution is 6.17. The van der Waals surface area contributed by atoms with E-state index in [-0.39, 0.29) is 18.6 Å². The lowest BCUT2D eigenvalue weighted by atomic mass is 10.2. The Kier molecular flexibility index (Phi) is 7.20. The summed E-state index contributed by atoms with van der Waals surface area (Å²) in [5.41, 5.74) is 0. The zero-order valence-corrected chi connectivity index (χ0v) is 8.10. The van der Waals surface area contributed by atoms with Gasteiger partial charge in [-0.1, -0.05) is 0 Å². The summed E-state index contributed by atoms with van der Waals surface area (Å²) in [6.45, 7) is 1.75. The first-order valence-corrected chi connectivity index (χ1v) is 4.70. The summed E-state index contributed by atoms with van der Waals surface area (Å²) in [4.78, 5) is 11.0. The SMILES string of the molecule is C[C@H](CO)NC(=O)CCCCCl. The number of rotatable bonds is 6. The van der Waals surface area contributed by atoms with E-state index in [4.69, 9.17) is 16.7 Å². The third kappa shape index (κ3) is 6.43. The molecule has 0 radical (unpaired) electrons. The van der Waals surface area contributed by atoms with E-state index in [1.807, 2.05) is 0 Å². The van der Waals surface area contributed by atoms with Gasteiger partial charge in [0.1, 0.15) is 0 Å². The number of amides is 1. The topological polar surface area (TPSA) is 49.3 Å². The van der Waals surface area contributed by atoms with Crippen molar-refractivity contribution in [1.29, 1.82) is 0 Å². The summed E-state index contributed by atoms with van der Waals surface area (Å²) in [6.07, 6.45) is 2.17. The van der Waals surface area contributed by atoms with Crippen molar-refractivity contribution in [2.75, 3.05) is 12.5 Å². The van der Waals surface area contributed by atoms with Gasteiger partial charge in [-0.3, -0.25) is 4.79 Å². The van der Waals surface area contributed by atoms with Gasteiger partial charge in [0.15, 0.2) is 0 Å². The molecule has 0 rings (SSSR count). The summed E-state index contributed by atoms with van der Waals surface area (Å²) in [5, 5.41) is 11.3. The Morgan fingerprint density at radius 2 is 2.25 bits per heavy atom. The van der Waals surface area contributed by atoms with Gasteiger partial charge in [-0.05, 0) is 19.8 Å². The molecule has 2 N–H and O–H groups in total. The van der Waals surface area contributed by atoms with Crippen LogP contribution in [0.2, 0.25) is 0 Å². The van der Waals surface area contributed by atoms with Crippen molar-refractivity contribution >= 4 is 17.5 Å². The molecule has 0 saturated heterocycles. The molecule has 0 fully saturated rings. The molecule has 72 valence electrons. The molecule has 0 spiro atoms. The van der Waals surface area contributed by atoms with Crippen LogP contribution >= 0.6 is 11.6 Å². The molecule has 0 aromatic heterocycles. The molecule has 0 heterocycles. The summed E-state index contributed by atoms with van der Waals surface area (Å²) in [7, 11) is 0. The van der Waals surface area contributed by atoms with Gasteiger partial charge >= 0.3 is 0 Å². The fraction of sp³-hybridized carbons (Fsp3) is 0.875. The number of alkyl halides is 1. The first-order chi connectivity index (χ1) is 5.70. The predicted octanol–water partition coefficient (Wildman–Crippen LogP) is 0.892. The van der Waals surface area contributed by atoms with Gasteiger partial charge in [0.25, 0.3) is 0 Å². The van der Waals surface area contributed by atoms with Crippen molar-refractivity contribution in [2.45, 2.75) is 32.2 Å². The normalized spacial score (nSPS) is 12.6. The lowest BCUT2D eigenvalue weighted by Crippen LogP contribution is -2.34. The second-order valence-corrected chi connectivity index (χ2v) is 3.18. The minimum Gasteiger partial charge on any atom is -0.394 e. The van der Waals surface area contributed by atoms with Gasteiger partial charge in [-0.25, -0.2) is 0 Å². The molecule has 0 aliphatic heterocycles. The maximum absolute atomic E-state index is 11.0. The number of unbranched alkanes of at least 4 members (excludes halogenated alkanes) is 1. The van der Waals surface area contributed by atoms with Crippen LogP contribution in [0.5, 0.6) is 0 Å². The molecule has 0 unspecified atom stereocenters. The highest BCUT2D eigenvalue weighted by atomic mass is 35.5. The van der Waals surface area contributed by atoms with Crippen LogP contribution in [0.1, 0.15) is 26.2 Å². The maximum Gasteiger partial charge on any atom is 0.220 e. The Hall–Kier alpha value is -0.280. The molecule has 0 bridgehead atoms. The van der Waals surface area contributed by atoms with Crippen molar-refractivity contribution in [3.63, 3.8) is 0 Å². The molecular formula is C8H16ClNO2. The number of carbonyl (C=O) groups excluding carboxylic acids is 1. The molecule has 0 aromatic rings. The van der Waals surface area contributed by atoms with Crippen LogP contribution in [-0.2, 0) is 4.79 Å². The van der Waals surface area contributed by atoms with E-state index in [2.05, 4.69) is 5.32 Å². The van der Waals surface area contributed by atoms with Gasteiger partial charge < -0.3 is 10.4 Å². The van der Waals surface area contributed by atoms with Gasteiger partial charge in [0, 0.05) is 18.3 Å². The Bertz CT molecular complexity index is 130. The van der Waals surface area contributed by atoms with E-state index in [0.29, 0.717) is 12.3 Å². The van der Waals surface area contributed by atoms with Crippen LogP contribution in [-0.4, -0.2) is 29.5 Å². The number of aliphatic hydroxyl groups excluding tert-OH is 1. The summed E-state index contributed by atoms with van der Waals surface area (Å²) < 4.78 is 0. The van der Waals surface area contributed by atoms with Crippen molar-refractivity contribution in [2.24, 2.45) is 0 Å². The predicted molar refractivity (Wildman–Crippen MR) is 49.3 cm³/mol. The average Bonchev–Trinajstić information content (AvgIpc) is 2.05. The van der Waals surface area contributed by atoms with E-state index in [0.717, 1.165) is 12.8 Å². The number of aliphatic hydroxyl groups is 1. The molecule has 0 saturated carbocycles. The molecule has 1 amide bonds. The molecule has 1 atom stereocenters. The van der Waals surface area contributed by atoms with E-state index >= 15 is 0 Å². The van der Waals surface area contributed by atoms with Crippen molar-refractivity contribution in [1.82, 2.24) is 5.32 Å². The van der Waals surface area contributed by atoms with E-state index < -0.39 is 0 Å². The van der Waals surface area contributed by atoms with Gasteiger partial charge in [0.2, 0.25) is 5.91 Å². The second-order valence-electron chi connectivity index (χ2n) is 2.80. The first-order valence-electron chi connectivity index (χ1n) is 4.17. The number of hydrogen-bond donors (Lipinski definition) is 2. The van der Waals surface area contributed by atoms with Crippen LogP contribution in [0.4, 0.5) is 0 Å². The van der Waals surface area contributed by atoms with Gasteiger partial charge in [0.05, 0.1) is 6.61 Å². The van der Waals surface area contributed by atoms with Crippen molar-refractivity contribution < 1.29 is 9.90 Å². The zero-order valence-electron chi connectivity index (χ0n) is 7.35. The van der Waals surface area contributed by atoms with Crippen LogP contribution in [0.15, 0.2) is 0 Å².